The first kappa shape index (κ1) is 23.8. The highest BCUT2D eigenvalue weighted by atomic mass is 32.1. The van der Waals surface area contributed by atoms with Crippen molar-refractivity contribution in [2.45, 2.75) is 19.6 Å². The third kappa shape index (κ3) is 3.41. The van der Waals surface area contributed by atoms with Crippen LogP contribution in [0.25, 0.3) is 10.1 Å². The van der Waals surface area contributed by atoms with E-state index in [1.54, 1.807) is 0 Å². The zero-order valence-electron chi connectivity index (χ0n) is 22.9. The van der Waals surface area contributed by atoms with E-state index in [2.05, 4.69) is 151 Å². The molecule has 0 saturated carbocycles. The highest BCUT2D eigenvalue weighted by molar-refractivity contribution is 7.33. The van der Waals surface area contributed by atoms with E-state index < -0.39 is 8.07 Å². The summed E-state index contributed by atoms with van der Waals surface area (Å²) in [6.07, 6.45) is 0. The van der Waals surface area contributed by atoms with Crippen molar-refractivity contribution in [1.29, 1.82) is 0 Å². The fourth-order valence-corrected chi connectivity index (χ4v) is 8.97. The molecule has 0 bridgehead atoms. The quantitative estimate of drug-likeness (QED) is 0.211. The fraction of sp³-hybridized carbons (Fsp3) is 0.0857. The molecule has 0 fully saturated rings. The van der Waals surface area contributed by atoms with Gasteiger partial charge in [-0.1, -0.05) is 97.6 Å². The van der Waals surface area contributed by atoms with Crippen molar-refractivity contribution in [3.63, 3.8) is 0 Å². The van der Waals surface area contributed by atoms with E-state index in [0.717, 1.165) is 0 Å². The Bertz CT molecular complexity index is 1910. The lowest BCUT2D eigenvalue weighted by molar-refractivity contribution is 1.27. The van der Waals surface area contributed by atoms with Gasteiger partial charge in [0, 0.05) is 43.3 Å². The first-order chi connectivity index (χ1) is 19.5. The standard InChI is InChI=1S/C35H29BN2SSi/c1-40(2,3)26-22-30-33-31(23-26)38(25-16-8-5-9-17-25)34-27-18-10-13-21-32(27)39-35(34)36(33)28-19-11-12-20-29(28)37(30)24-14-6-4-7-15-24/h4-23H,1-3H3. The molecule has 0 saturated heterocycles. The number of rotatable bonds is 3. The number of para-hydroxylation sites is 3. The first-order valence-corrected chi connectivity index (χ1v) is 18.3. The third-order valence-electron chi connectivity index (χ3n) is 8.37. The Kier molecular flexibility index (Phi) is 5.19. The molecule has 2 nitrogen and oxygen atoms in total. The zero-order valence-corrected chi connectivity index (χ0v) is 24.7. The number of fused-ring (bicyclic) bond motifs is 6. The van der Waals surface area contributed by atoms with Crippen LogP contribution in [0.2, 0.25) is 19.6 Å². The van der Waals surface area contributed by atoms with Gasteiger partial charge in [-0.3, -0.25) is 0 Å². The van der Waals surface area contributed by atoms with Crippen molar-refractivity contribution in [3.05, 3.63) is 121 Å². The summed E-state index contributed by atoms with van der Waals surface area (Å²) >= 11 is 1.96. The summed E-state index contributed by atoms with van der Waals surface area (Å²) in [6.45, 7) is 7.57. The average Bonchev–Trinajstić information content (AvgIpc) is 3.36. The van der Waals surface area contributed by atoms with Gasteiger partial charge < -0.3 is 9.80 Å². The summed E-state index contributed by atoms with van der Waals surface area (Å²) in [4.78, 5) is 5.07. The molecule has 0 N–H and O–H groups in total. The molecule has 5 aromatic carbocycles. The molecule has 6 aromatic rings. The normalized spacial score (nSPS) is 13.7. The van der Waals surface area contributed by atoms with Crippen LogP contribution in [0.4, 0.5) is 34.1 Å². The molecule has 0 amide bonds. The SMILES string of the molecule is C[Si](C)(C)c1cc2c3c(c1)N(c1ccccc1)c1c(sc4ccccc14)B3c1ccccc1N2c1ccccc1. The predicted octanol–water partition coefficient (Wildman–Crippen LogP) is 7.53. The topological polar surface area (TPSA) is 6.48 Å². The van der Waals surface area contributed by atoms with Gasteiger partial charge in [-0.2, -0.15) is 0 Å². The Balaban J connectivity index is 1.55. The number of hydrogen-bond acceptors (Lipinski definition) is 3. The lowest BCUT2D eigenvalue weighted by Crippen LogP contribution is -2.61. The number of nitrogens with zero attached hydrogens (tertiary/aromatic N) is 2. The molecule has 1 aromatic heterocycles. The summed E-state index contributed by atoms with van der Waals surface area (Å²) in [6, 6.07) is 44.9. The van der Waals surface area contributed by atoms with Crippen molar-refractivity contribution in [1.82, 2.24) is 0 Å². The van der Waals surface area contributed by atoms with E-state index in [9.17, 15) is 0 Å². The van der Waals surface area contributed by atoms with E-state index >= 15 is 0 Å². The maximum absolute atomic E-state index is 2.56. The van der Waals surface area contributed by atoms with Crippen LogP contribution in [0.5, 0.6) is 0 Å². The van der Waals surface area contributed by atoms with Gasteiger partial charge in [0.15, 0.2) is 0 Å². The number of benzene rings is 5. The molecule has 8 rings (SSSR count). The van der Waals surface area contributed by atoms with Gasteiger partial charge in [0.05, 0.1) is 13.8 Å². The zero-order chi connectivity index (χ0) is 27.0. The molecule has 2 aliphatic heterocycles. The first-order valence-electron chi connectivity index (χ1n) is 14.0. The molecular formula is C35H29BN2SSi. The smallest absolute Gasteiger partial charge is 0.264 e. The van der Waals surface area contributed by atoms with Gasteiger partial charge >= 0.3 is 0 Å². The molecule has 0 radical (unpaired) electrons. The van der Waals surface area contributed by atoms with Gasteiger partial charge in [0.1, 0.15) is 0 Å². The molecule has 0 unspecified atom stereocenters. The van der Waals surface area contributed by atoms with E-state index in [1.165, 1.54) is 65.1 Å². The Morgan fingerprint density at radius 2 is 1.18 bits per heavy atom. The van der Waals surface area contributed by atoms with Crippen molar-refractivity contribution < 1.29 is 0 Å². The van der Waals surface area contributed by atoms with Gasteiger partial charge in [0.2, 0.25) is 0 Å². The van der Waals surface area contributed by atoms with Gasteiger partial charge in [-0.25, -0.2) is 0 Å². The van der Waals surface area contributed by atoms with Crippen LogP contribution >= 0.6 is 11.3 Å². The van der Waals surface area contributed by atoms with Gasteiger partial charge in [-0.05, 0) is 59.5 Å². The van der Waals surface area contributed by atoms with Crippen molar-refractivity contribution >= 4 is 91.2 Å². The minimum atomic E-state index is -1.67. The summed E-state index contributed by atoms with van der Waals surface area (Å²) in [5, 5.41) is 2.81. The Morgan fingerprint density at radius 3 is 1.88 bits per heavy atom. The van der Waals surface area contributed by atoms with Crippen LogP contribution < -0.4 is 30.7 Å². The summed E-state index contributed by atoms with van der Waals surface area (Å²) in [5.41, 5.74) is 10.5. The molecule has 5 heteroatoms. The minimum Gasteiger partial charge on any atom is -0.311 e. The average molecular weight is 549 g/mol. The molecule has 0 spiro atoms. The van der Waals surface area contributed by atoms with Crippen LogP contribution in [0.3, 0.4) is 0 Å². The second-order valence-corrected chi connectivity index (χ2v) is 18.0. The number of anilines is 6. The van der Waals surface area contributed by atoms with Crippen molar-refractivity contribution in [2.75, 3.05) is 9.80 Å². The number of thiophene rings is 1. The predicted molar refractivity (Wildman–Crippen MR) is 179 cm³/mol. The van der Waals surface area contributed by atoms with E-state index in [-0.39, 0.29) is 6.71 Å². The highest BCUT2D eigenvalue weighted by Crippen LogP contribution is 2.47. The Morgan fingerprint density at radius 1 is 0.600 bits per heavy atom. The summed E-state index contributed by atoms with van der Waals surface area (Å²) in [5.74, 6) is 0. The molecule has 0 atom stereocenters. The lowest BCUT2D eigenvalue weighted by Gasteiger charge is -2.44. The largest absolute Gasteiger partial charge is 0.311 e. The van der Waals surface area contributed by atoms with Crippen molar-refractivity contribution in [3.8, 4) is 0 Å². The molecular weight excluding hydrogens is 519 g/mol. The lowest BCUT2D eigenvalue weighted by atomic mass is 9.36. The van der Waals surface area contributed by atoms with E-state index in [4.69, 9.17) is 0 Å². The second-order valence-electron chi connectivity index (χ2n) is 11.8. The Hall–Kier alpha value is -4.06. The maximum atomic E-state index is 2.56. The van der Waals surface area contributed by atoms with Crippen LogP contribution in [0.1, 0.15) is 0 Å². The van der Waals surface area contributed by atoms with Gasteiger partial charge in [-0.15, -0.1) is 11.3 Å². The second kappa shape index (κ2) is 8.72. The summed E-state index contributed by atoms with van der Waals surface area (Å²) in [7, 11) is -1.67. The molecule has 0 aliphatic carbocycles. The Labute approximate surface area is 241 Å². The molecule has 3 heterocycles. The van der Waals surface area contributed by atoms with Crippen LogP contribution in [-0.4, -0.2) is 14.8 Å². The molecule has 2 aliphatic rings. The van der Waals surface area contributed by atoms with Crippen LogP contribution in [0, 0.1) is 0 Å². The maximum Gasteiger partial charge on any atom is 0.264 e. The van der Waals surface area contributed by atoms with Crippen LogP contribution in [-0.2, 0) is 0 Å². The third-order valence-corrected chi connectivity index (χ3v) is 11.6. The van der Waals surface area contributed by atoms with Crippen LogP contribution in [0.15, 0.2) is 121 Å². The highest BCUT2D eigenvalue weighted by Gasteiger charge is 2.45. The number of hydrogen-bond donors (Lipinski definition) is 0. The van der Waals surface area contributed by atoms with E-state index in [1.807, 2.05) is 11.3 Å². The van der Waals surface area contributed by atoms with E-state index in [0.29, 0.717) is 0 Å². The molecule has 192 valence electrons. The monoisotopic (exact) mass is 548 g/mol. The summed E-state index contributed by atoms with van der Waals surface area (Å²) < 4.78 is 2.77. The van der Waals surface area contributed by atoms with Crippen molar-refractivity contribution in [2.24, 2.45) is 0 Å². The minimum absolute atomic E-state index is 0.184. The fourth-order valence-electron chi connectivity index (χ4n) is 6.51. The van der Waals surface area contributed by atoms with Gasteiger partial charge in [0.25, 0.3) is 6.71 Å². The molecule has 40 heavy (non-hydrogen) atoms.